The van der Waals surface area contributed by atoms with Gasteiger partial charge in [0, 0.05) is 34.5 Å². The van der Waals surface area contributed by atoms with Crippen LogP contribution < -0.4 is 10.6 Å². The van der Waals surface area contributed by atoms with E-state index in [4.69, 9.17) is 0 Å². The number of benzene rings is 1. The number of hydrogen-bond acceptors (Lipinski definition) is 4. The summed E-state index contributed by atoms with van der Waals surface area (Å²) in [6.45, 7) is 4.63. The molecule has 0 radical (unpaired) electrons. The molecule has 1 saturated heterocycles. The SMILES string of the molecule is O=C(NCCN1CCC(CNC(O)c2cc(Br)cc(Br)c2)CC1)C1CCCC1. The molecule has 0 spiro atoms. The van der Waals surface area contributed by atoms with Crippen LogP contribution >= 0.6 is 31.9 Å². The lowest BCUT2D eigenvalue weighted by molar-refractivity contribution is -0.124. The molecule has 156 valence electrons. The zero-order chi connectivity index (χ0) is 19.9. The highest BCUT2D eigenvalue weighted by Crippen LogP contribution is 2.25. The molecule has 5 nitrogen and oxygen atoms in total. The Morgan fingerprint density at radius 1 is 1.11 bits per heavy atom. The molecule has 1 atom stereocenters. The van der Waals surface area contributed by atoms with Gasteiger partial charge in [-0.2, -0.15) is 0 Å². The van der Waals surface area contributed by atoms with Gasteiger partial charge in [-0.1, -0.05) is 44.7 Å². The maximum atomic E-state index is 12.1. The second-order valence-corrected chi connectivity index (χ2v) is 9.90. The zero-order valence-corrected chi connectivity index (χ0v) is 19.5. The predicted octanol–water partition coefficient (Wildman–Crippen LogP) is 3.81. The standard InChI is InChI=1S/C21H31Br2N3O2/c22-18-11-17(12-19(23)13-18)21(28)25-14-15-5-8-26(9-6-15)10-7-24-20(27)16-3-1-2-4-16/h11-13,15-16,21,25,28H,1-10,14H2,(H,24,27). The molecular formula is C21H31Br2N3O2. The van der Waals surface area contributed by atoms with Crippen LogP contribution in [-0.2, 0) is 4.79 Å². The lowest BCUT2D eigenvalue weighted by Crippen LogP contribution is -2.42. The number of piperidine rings is 1. The van der Waals surface area contributed by atoms with Crippen molar-refractivity contribution in [2.75, 3.05) is 32.7 Å². The van der Waals surface area contributed by atoms with E-state index in [-0.39, 0.29) is 11.8 Å². The van der Waals surface area contributed by atoms with E-state index < -0.39 is 6.23 Å². The summed E-state index contributed by atoms with van der Waals surface area (Å²) < 4.78 is 1.90. The topological polar surface area (TPSA) is 64.6 Å². The quantitative estimate of drug-likeness (QED) is 0.460. The number of nitrogens with zero attached hydrogens (tertiary/aromatic N) is 1. The van der Waals surface area contributed by atoms with Crippen LogP contribution in [0.15, 0.2) is 27.1 Å². The molecule has 1 aliphatic carbocycles. The van der Waals surface area contributed by atoms with Crippen molar-refractivity contribution in [3.05, 3.63) is 32.7 Å². The number of aliphatic hydroxyl groups excluding tert-OH is 1. The van der Waals surface area contributed by atoms with Crippen LogP contribution in [0, 0.1) is 11.8 Å². The summed E-state index contributed by atoms with van der Waals surface area (Å²) in [5.41, 5.74) is 0.858. The fraction of sp³-hybridized carbons (Fsp3) is 0.667. The fourth-order valence-corrected chi connectivity index (χ4v) is 5.54. The highest BCUT2D eigenvalue weighted by molar-refractivity contribution is 9.11. The minimum absolute atomic E-state index is 0.254. The molecule has 7 heteroatoms. The van der Waals surface area contributed by atoms with E-state index in [0.29, 0.717) is 5.92 Å². The maximum Gasteiger partial charge on any atom is 0.223 e. The van der Waals surface area contributed by atoms with Gasteiger partial charge in [0.05, 0.1) is 0 Å². The number of hydrogen-bond donors (Lipinski definition) is 3. The second kappa shape index (κ2) is 11.1. The van der Waals surface area contributed by atoms with E-state index in [2.05, 4.69) is 47.4 Å². The van der Waals surface area contributed by atoms with Gasteiger partial charge in [0.1, 0.15) is 6.23 Å². The summed E-state index contributed by atoms with van der Waals surface area (Å²) in [5, 5.41) is 16.8. The van der Waals surface area contributed by atoms with Gasteiger partial charge in [0.2, 0.25) is 5.91 Å². The van der Waals surface area contributed by atoms with E-state index in [0.717, 1.165) is 72.9 Å². The van der Waals surface area contributed by atoms with Crippen LogP contribution in [0.1, 0.15) is 50.3 Å². The van der Waals surface area contributed by atoms with Gasteiger partial charge in [-0.25, -0.2) is 0 Å². The summed E-state index contributed by atoms with van der Waals surface area (Å²) in [7, 11) is 0. The first-order valence-electron chi connectivity index (χ1n) is 10.4. The summed E-state index contributed by atoms with van der Waals surface area (Å²) in [6.07, 6.45) is 6.12. The molecular weight excluding hydrogens is 486 g/mol. The number of likely N-dealkylation sites (tertiary alicyclic amines) is 1. The van der Waals surface area contributed by atoms with E-state index in [9.17, 15) is 9.90 Å². The second-order valence-electron chi connectivity index (χ2n) is 8.07. The smallest absolute Gasteiger partial charge is 0.223 e. The van der Waals surface area contributed by atoms with Gasteiger partial charge < -0.3 is 15.3 Å². The monoisotopic (exact) mass is 515 g/mol. The van der Waals surface area contributed by atoms with Gasteiger partial charge in [-0.15, -0.1) is 0 Å². The largest absolute Gasteiger partial charge is 0.374 e. The molecule has 2 aliphatic rings. The average molecular weight is 517 g/mol. The molecule has 0 aromatic heterocycles. The lowest BCUT2D eigenvalue weighted by Gasteiger charge is -2.32. The number of carbonyl (C=O) groups excluding carboxylic acids is 1. The molecule has 1 heterocycles. The van der Waals surface area contributed by atoms with Gasteiger partial charge in [-0.05, 0) is 68.5 Å². The number of halogens is 2. The minimum Gasteiger partial charge on any atom is -0.374 e. The highest BCUT2D eigenvalue weighted by atomic mass is 79.9. The van der Waals surface area contributed by atoms with Gasteiger partial charge in [0.25, 0.3) is 0 Å². The molecule has 28 heavy (non-hydrogen) atoms. The van der Waals surface area contributed by atoms with Gasteiger partial charge >= 0.3 is 0 Å². The van der Waals surface area contributed by atoms with Gasteiger partial charge in [-0.3, -0.25) is 10.1 Å². The molecule has 3 rings (SSSR count). The third kappa shape index (κ3) is 6.80. The van der Waals surface area contributed by atoms with E-state index in [1.807, 2.05) is 18.2 Å². The normalized spacial score (nSPS) is 20.4. The number of nitrogens with one attached hydrogen (secondary N) is 2. The highest BCUT2D eigenvalue weighted by Gasteiger charge is 2.23. The third-order valence-corrected chi connectivity index (χ3v) is 6.88. The van der Waals surface area contributed by atoms with Crippen LogP contribution in [-0.4, -0.2) is 48.6 Å². The Labute approximate surface area is 184 Å². The Bertz CT molecular complexity index is 624. The van der Waals surface area contributed by atoms with Crippen molar-refractivity contribution in [1.29, 1.82) is 0 Å². The first-order chi connectivity index (χ1) is 13.5. The molecule has 1 saturated carbocycles. The number of rotatable bonds is 8. The molecule has 2 fully saturated rings. The van der Waals surface area contributed by atoms with Crippen molar-refractivity contribution in [2.24, 2.45) is 11.8 Å². The maximum absolute atomic E-state index is 12.1. The number of amides is 1. The Kier molecular flexibility index (Phi) is 8.78. The summed E-state index contributed by atoms with van der Waals surface area (Å²) in [5.74, 6) is 1.09. The summed E-state index contributed by atoms with van der Waals surface area (Å²) in [6, 6.07) is 5.83. The Morgan fingerprint density at radius 2 is 1.75 bits per heavy atom. The molecule has 0 bridgehead atoms. The minimum atomic E-state index is -0.655. The Morgan fingerprint density at radius 3 is 2.39 bits per heavy atom. The lowest BCUT2D eigenvalue weighted by atomic mass is 9.96. The van der Waals surface area contributed by atoms with Gasteiger partial charge in [0.15, 0.2) is 0 Å². The molecule has 3 N–H and O–H groups in total. The molecule has 1 aliphatic heterocycles. The summed E-state index contributed by atoms with van der Waals surface area (Å²) >= 11 is 6.93. The van der Waals surface area contributed by atoms with Crippen LogP contribution in [0.25, 0.3) is 0 Å². The van der Waals surface area contributed by atoms with E-state index in [1.54, 1.807) is 0 Å². The van der Waals surface area contributed by atoms with Crippen LogP contribution in [0.2, 0.25) is 0 Å². The summed E-state index contributed by atoms with van der Waals surface area (Å²) in [4.78, 5) is 14.5. The molecule has 1 amide bonds. The van der Waals surface area contributed by atoms with Crippen molar-refractivity contribution in [2.45, 2.75) is 44.8 Å². The van der Waals surface area contributed by atoms with Crippen molar-refractivity contribution < 1.29 is 9.90 Å². The molecule has 1 unspecified atom stereocenters. The zero-order valence-electron chi connectivity index (χ0n) is 16.3. The van der Waals surface area contributed by atoms with Crippen molar-refractivity contribution in [3.8, 4) is 0 Å². The third-order valence-electron chi connectivity index (χ3n) is 5.96. The first kappa shape index (κ1) is 22.2. The first-order valence-corrected chi connectivity index (χ1v) is 12.0. The van der Waals surface area contributed by atoms with Crippen molar-refractivity contribution in [3.63, 3.8) is 0 Å². The van der Waals surface area contributed by atoms with Crippen LogP contribution in [0.3, 0.4) is 0 Å². The predicted molar refractivity (Wildman–Crippen MR) is 119 cm³/mol. The molecule has 1 aromatic rings. The fourth-order valence-electron chi connectivity index (χ4n) is 4.21. The van der Waals surface area contributed by atoms with Crippen LogP contribution in [0.5, 0.6) is 0 Å². The Hall–Kier alpha value is -0.470. The van der Waals surface area contributed by atoms with Crippen LogP contribution in [0.4, 0.5) is 0 Å². The van der Waals surface area contributed by atoms with Crippen molar-refractivity contribution >= 4 is 37.8 Å². The number of aliphatic hydroxyl groups is 1. The van der Waals surface area contributed by atoms with E-state index in [1.165, 1.54) is 12.8 Å². The molecule has 1 aromatic carbocycles. The Balaban J connectivity index is 1.31. The van der Waals surface area contributed by atoms with Crippen molar-refractivity contribution in [1.82, 2.24) is 15.5 Å². The number of carbonyl (C=O) groups is 1. The average Bonchev–Trinajstić information content (AvgIpc) is 3.21. The van der Waals surface area contributed by atoms with E-state index >= 15 is 0 Å².